The molecule has 0 unspecified atom stereocenters. The van der Waals surface area contributed by atoms with E-state index in [1.807, 2.05) is 32.0 Å². The van der Waals surface area contributed by atoms with E-state index in [9.17, 15) is 4.79 Å². The van der Waals surface area contributed by atoms with Crippen LogP contribution in [-0.2, 0) is 11.2 Å². The molecule has 0 spiro atoms. The molecule has 2 rings (SSSR count). The van der Waals surface area contributed by atoms with Crippen LogP contribution >= 0.6 is 0 Å². The number of carbonyl (C=O) groups is 1. The van der Waals surface area contributed by atoms with Crippen molar-refractivity contribution in [2.75, 3.05) is 19.8 Å². The number of hydrogen-bond donors (Lipinski definition) is 2. The molecule has 1 saturated carbocycles. The van der Waals surface area contributed by atoms with Crippen LogP contribution in [0.5, 0.6) is 11.5 Å². The molecule has 0 aliphatic heterocycles. The molecule has 0 saturated heterocycles. The summed E-state index contributed by atoms with van der Waals surface area (Å²) in [6, 6.07) is 5.93. The second kappa shape index (κ2) is 8.92. The lowest BCUT2D eigenvalue weighted by Crippen LogP contribution is -2.55. The third-order valence-corrected chi connectivity index (χ3v) is 4.51. The standard InChI is InChI=1S/C19H30N2O3/c1-3-23-16-9-8-15(14-17(16)24-4-2)10-13-21-18(22)19(20)11-6-5-7-12-19/h8-9,14H,3-7,10-13,20H2,1-2H3,(H,21,22). The predicted molar refractivity (Wildman–Crippen MR) is 95.5 cm³/mol. The lowest BCUT2D eigenvalue weighted by molar-refractivity contribution is -0.127. The van der Waals surface area contributed by atoms with E-state index in [4.69, 9.17) is 15.2 Å². The molecule has 5 heteroatoms. The average Bonchev–Trinajstić information content (AvgIpc) is 2.58. The van der Waals surface area contributed by atoms with Crippen LogP contribution in [0.2, 0.25) is 0 Å². The number of nitrogens with two attached hydrogens (primary N) is 1. The molecule has 0 bridgehead atoms. The average molecular weight is 334 g/mol. The monoisotopic (exact) mass is 334 g/mol. The van der Waals surface area contributed by atoms with Crippen LogP contribution in [0, 0.1) is 0 Å². The molecule has 1 fully saturated rings. The smallest absolute Gasteiger partial charge is 0.240 e. The molecule has 1 amide bonds. The minimum atomic E-state index is -0.673. The number of amides is 1. The summed E-state index contributed by atoms with van der Waals surface area (Å²) in [5, 5.41) is 3.00. The SMILES string of the molecule is CCOc1ccc(CCNC(=O)C2(N)CCCCC2)cc1OCC. The van der Waals surface area contributed by atoms with Gasteiger partial charge >= 0.3 is 0 Å². The fraction of sp³-hybridized carbons (Fsp3) is 0.632. The second-order valence-electron chi connectivity index (χ2n) is 6.37. The first-order valence-corrected chi connectivity index (χ1v) is 9.04. The number of rotatable bonds is 8. The van der Waals surface area contributed by atoms with E-state index >= 15 is 0 Å². The summed E-state index contributed by atoms with van der Waals surface area (Å²) < 4.78 is 11.2. The summed E-state index contributed by atoms with van der Waals surface area (Å²) in [6.07, 6.45) is 5.58. The van der Waals surface area contributed by atoms with E-state index in [1.165, 1.54) is 6.42 Å². The Morgan fingerprint density at radius 2 is 1.79 bits per heavy atom. The highest BCUT2D eigenvalue weighted by molar-refractivity contribution is 5.86. The normalized spacial score (nSPS) is 16.5. The van der Waals surface area contributed by atoms with Gasteiger partial charge in [-0.2, -0.15) is 0 Å². The maximum atomic E-state index is 12.3. The van der Waals surface area contributed by atoms with Crippen molar-refractivity contribution >= 4 is 5.91 Å². The Morgan fingerprint density at radius 3 is 2.46 bits per heavy atom. The highest BCUT2D eigenvalue weighted by atomic mass is 16.5. The fourth-order valence-electron chi connectivity index (χ4n) is 3.16. The van der Waals surface area contributed by atoms with Crippen molar-refractivity contribution in [1.29, 1.82) is 0 Å². The first-order chi connectivity index (χ1) is 11.6. The molecule has 0 atom stereocenters. The number of nitrogens with one attached hydrogen (secondary N) is 1. The Bertz CT molecular complexity index is 539. The van der Waals surface area contributed by atoms with Crippen LogP contribution < -0.4 is 20.5 Å². The summed E-state index contributed by atoms with van der Waals surface area (Å²) >= 11 is 0. The first kappa shape index (κ1) is 18.6. The predicted octanol–water partition coefficient (Wildman–Crippen LogP) is 2.80. The first-order valence-electron chi connectivity index (χ1n) is 9.04. The Morgan fingerprint density at radius 1 is 1.12 bits per heavy atom. The summed E-state index contributed by atoms with van der Waals surface area (Å²) in [7, 11) is 0. The zero-order valence-electron chi connectivity index (χ0n) is 14.9. The Kier molecular flexibility index (Phi) is 6.91. The van der Waals surface area contributed by atoms with Crippen molar-refractivity contribution in [1.82, 2.24) is 5.32 Å². The molecule has 0 radical (unpaired) electrons. The Hall–Kier alpha value is -1.75. The summed E-state index contributed by atoms with van der Waals surface area (Å²) in [6.45, 7) is 5.68. The number of ether oxygens (including phenoxy) is 2. The van der Waals surface area contributed by atoms with E-state index in [0.717, 1.165) is 49.2 Å². The van der Waals surface area contributed by atoms with Gasteiger partial charge in [0.05, 0.1) is 18.8 Å². The molecule has 0 heterocycles. The van der Waals surface area contributed by atoms with Crippen molar-refractivity contribution in [3.8, 4) is 11.5 Å². The van der Waals surface area contributed by atoms with Crippen LogP contribution in [0.15, 0.2) is 18.2 Å². The maximum Gasteiger partial charge on any atom is 0.240 e. The molecule has 1 aromatic carbocycles. The van der Waals surface area contributed by atoms with Crippen LogP contribution in [0.1, 0.15) is 51.5 Å². The summed E-state index contributed by atoms with van der Waals surface area (Å²) in [5.41, 5.74) is 6.69. The number of hydrogen-bond acceptors (Lipinski definition) is 4. The van der Waals surface area contributed by atoms with Gasteiger partial charge in [-0.25, -0.2) is 0 Å². The van der Waals surface area contributed by atoms with Gasteiger partial charge in [-0.05, 0) is 50.8 Å². The molecule has 3 N–H and O–H groups in total. The minimum Gasteiger partial charge on any atom is -0.490 e. The van der Waals surface area contributed by atoms with Gasteiger partial charge in [0.1, 0.15) is 0 Å². The second-order valence-corrected chi connectivity index (χ2v) is 6.37. The van der Waals surface area contributed by atoms with E-state index < -0.39 is 5.54 Å². The zero-order valence-corrected chi connectivity index (χ0v) is 14.9. The van der Waals surface area contributed by atoms with Gasteiger partial charge in [-0.1, -0.05) is 25.3 Å². The van der Waals surface area contributed by atoms with Crippen LogP contribution in [0.3, 0.4) is 0 Å². The molecule has 5 nitrogen and oxygen atoms in total. The van der Waals surface area contributed by atoms with Crippen LogP contribution in [-0.4, -0.2) is 31.2 Å². The fourth-order valence-corrected chi connectivity index (χ4v) is 3.16. The van der Waals surface area contributed by atoms with E-state index in [-0.39, 0.29) is 5.91 Å². The highest BCUT2D eigenvalue weighted by Crippen LogP contribution is 2.29. The third-order valence-electron chi connectivity index (χ3n) is 4.51. The largest absolute Gasteiger partial charge is 0.490 e. The summed E-state index contributed by atoms with van der Waals surface area (Å²) in [4.78, 5) is 12.3. The van der Waals surface area contributed by atoms with Gasteiger partial charge in [0.15, 0.2) is 11.5 Å². The lowest BCUT2D eigenvalue weighted by Gasteiger charge is -2.31. The molecule has 0 aromatic heterocycles. The van der Waals surface area contributed by atoms with Crippen molar-refractivity contribution in [2.45, 2.75) is 57.9 Å². The van der Waals surface area contributed by atoms with Crippen molar-refractivity contribution in [2.24, 2.45) is 5.73 Å². The lowest BCUT2D eigenvalue weighted by atomic mass is 9.82. The van der Waals surface area contributed by atoms with Gasteiger partial charge in [0.2, 0.25) is 5.91 Å². The van der Waals surface area contributed by atoms with Crippen LogP contribution in [0.4, 0.5) is 0 Å². The van der Waals surface area contributed by atoms with Gasteiger partial charge < -0.3 is 20.5 Å². The molecule has 1 aliphatic rings. The Balaban J connectivity index is 1.89. The van der Waals surface area contributed by atoms with E-state index in [0.29, 0.717) is 19.8 Å². The van der Waals surface area contributed by atoms with Crippen molar-refractivity contribution in [3.63, 3.8) is 0 Å². The van der Waals surface area contributed by atoms with E-state index in [2.05, 4.69) is 5.32 Å². The Labute approximate surface area is 144 Å². The van der Waals surface area contributed by atoms with Gasteiger partial charge in [-0.3, -0.25) is 4.79 Å². The molecule has 1 aliphatic carbocycles. The molecule has 134 valence electrons. The van der Waals surface area contributed by atoms with Gasteiger partial charge in [0.25, 0.3) is 0 Å². The molecular weight excluding hydrogens is 304 g/mol. The van der Waals surface area contributed by atoms with Crippen molar-refractivity contribution < 1.29 is 14.3 Å². The highest BCUT2D eigenvalue weighted by Gasteiger charge is 2.34. The molecular formula is C19H30N2O3. The topological polar surface area (TPSA) is 73.6 Å². The molecule has 24 heavy (non-hydrogen) atoms. The maximum absolute atomic E-state index is 12.3. The van der Waals surface area contributed by atoms with Crippen LogP contribution in [0.25, 0.3) is 0 Å². The van der Waals surface area contributed by atoms with Gasteiger partial charge in [0, 0.05) is 6.54 Å². The third kappa shape index (κ3) is 4.87. The van der Waals surface area contributed by atoms with E-state index in [1.54, 1.807) is 0 Å². The van der Waals surface area contributed by atoms with Gasteiger partial charge in [-0.15, -0.1) is 0 Å². The minimum absolute atomic E-state index is 0.0156. The summed E-state index contributed by atoms with van der Waals surface area (Å²) in [5.74, 6) is 1.50. The number of carbonyl (C=O) groups excluding carboxylic acids is 1. The number of benzene rings is 1. The quantitative estimate of drug-likeness (QED) is 0.767. The zero-order chi connectivity index (χ0) is 17.4. The van der Waals surface area contributed by atoms with Crippen molar-refractivity contribution in [3.05, 3.63) is 23.8 Å². The molecule has 1 aromatic rings.